The molecule has 0 radical (unpaired) electrons. The summed E-state index contributed by atoms with van der Waals surface area (Å²) in [7, 11) is 0. The van der Waals surface area contributed by atoms with E-state index in [2.05, 4.69) is 17.1 Å². The minimum absolute atomic E-state index is 0.241. The molecule has 1 heterocycles. The van der Waals surface area contributed by atoms with Gasteiger partial charge in [0.1, 0.15) is 5.60 Å². The van der Waals surface area contributed by atoms with Crippen molar-refractivity contribution in [2.45, 2.75) is 71.1 Å². The molecule has 2 atom stereocenters. The Hall–Kier alpha value is -0.770. The van der Waals surface area contributed by atoms with Gasteiger partial charge in [0.2, 0.25) is 0 Å². The van der Waals surface area contributed by atoms with E-state index in [0.717, 1.165) is 25.3 Å². The highest BCUT2D eigenvalue weighted by molar-refractivity contribution is 5.68. The third-order valence-corrected chi connectivity index (χ3v) is 4.05. The number of rotatable bonds is 3. The topological polar surface area (TPSA) is 41.6 Å². The summed E-state index contributed by atoms with van der Waals surface area (Å²) in [6, 6.07) is 0.910. The number of nitrogens with one attached hydrogen (secondary N) is 1. The van der Waals surface area contributed by atoms with Gasteiger partial charge in [0.05, 0.1) is 0 Å². The van der Waals surface area contributed by atoms with Crippen LogP contribution in [0.4, 0.5) is 4.79 Å². The molecule has 2 fully saturated rings. The van der Waals surface area contributed by atoms with Crippen LogP contribution < -0.4 is 5.32 Å². The number of hydrogen-bond donors (Lipinski definition) is 1. The number of likely N-dealkylation sites (tertiary alicyclic amines) is 1. The molecule has 19 heavy (non-hydrogen) atoms. The van der Waals surface area contributed by atoms with E-state index in [1.807, 2.05) is 20.8 Å². The quantitative estimate of drug-likeness (QED) is 0.855. The van der Waals surface area contributed by atoms with Crippen molar-refractivity contribution in [3.05, 3.63) is 0 Å². The Morgan fingerprint density at radius 1 is 1.32 bits per heavy atom. The molecule has 1 amide bonds. The zero-order chi connectivity index (χ0) is 14.0. The van der Waals surface area contributed by atoms with Crippen LogP contribution >= 0.6 is 0 Å². The second kappa shape index (κ2) is 5.70. The first-order chi connectivity index (χ1) is 8.85. The number of nitrogens with zero attached hydrogens (tertiary/aromatic N) is 1. The van der Waals surface area contributed by atoms with Gasteiger partial charge in [0, 0.05) is 18.6 Å². The first-order valence-corrected chi connectivity index (χ1v) is 7.59. The van der Waals surface area contributed by atoms with Crippen LogP contribution in [0.5, 0.6) is 0 Å². The van der Waals surface area contributed by atoms with Gasteiger partial charge in [0.25, 0.3) is 0 Å². The molecule has 0 aromatic carbocycles. The molecule has 1 saturated carbocycles. The Bertz CT molecular complexity index is 321. The lowest BCUT2D eigenvalue weighted by molar-refractivity contribution is 0.0453. The Labute approximate surface area is 116 Å². The van der Waals surface area contributed by atoms with Gasteiger partial charge in [-0.05, 0) is 65.8 Å². The monoisotopic (exact) mass is 268 g/mol. The molecule has 1 saturated heterocycles. The van der Waals surface area contributed by atoms with Crippen LogP contribution in [0, 0.1) is 5.92 Å². The minimum Gasteiger partial charge on any atom is -0.444 e. The van der Waals surface area contributed by atoms with E-state index >= 15 is 0 Å². The van der Waals surface area contributed by atoms with Gasteiger partial charge in [-0.3, -0.25) is 4.90 Å². The van der Waals surface area contributed by atoms with Gasteiger partial charge in [-0.2, -0.15) is 0 Å². The molecule has 0 aromatic heterocycles. The zero-order valence-electron chi connectivity index (χ0n) is 12.7. The van der Waals surface area contributed by atoms with Crippen molar-refractivity contribution in [1.82, 2.24) is 10.2 Å². The van der Waals surface area contributed by atoms with E-state index in [9.17, 15) is 4.79 Å². The molecule has 0 bridgehead atoms. The lowest BCUT2D eigenvalue weighted by Crippen LogP contribution is -2.51. The molecule has 1 N–H and O–H groups in total. The van der Waals surface area contributed by atoms with Crippen LogP contribution in [0.1, 0.15) is 53.4 Å². The van der Waals surface area contributed by atoms with Gasteiger partial charge in [-0.25, -0.2) is 4.79 Å². The largest absolute Gasteiger partial charge is 0.444 e. The number of carbonyl (C=O) groups excluding carboxylic acids is 1. The van der Waals surface area contributed by atoms with Crippen LogP contribution in [0.25, 0.3) is 0 Å². The summed E-state index contributed by atoms with van der Waals surface area (Å²) < 4.78 is 5.33. The summed E-state index contributed by atoms with van der Waals surface area (Å²) in [5.41, 5.74) is -0.417. The number of alkyl carbamates (subject to hydrolysis) is 1. The third-order valence-electron chi connectivity index (χ3n) is 4.05. The summed E-state index contributed by atoms with van der Waals surface area (Å²) in [6.07, 6.45) is 4.70. The Kier molecular flexibility index (Phi) is 4.39. The minimum atomic E-state index is -0.417. The third kappa shape index (κ3) is 4.68. The SMILES string of the molecule is CC(C1CC1)N1CCCC(NC(=O)OC(C)(C)C)C1. The van der Waals surface area contributed by atoms with Crippen LogP contribution in [0.3, 0.4) is 0 Å². The maximum Gasteiger partial charge on any atom is 0.407 e. The Morgan fingerprint density at radius 3 is 2.58 bits per heavy atom. The molecule has 4 heteroatoms. The molecular weight excluding hydrogens is 240 g/mol. The van der Waals surface area contributed by atoms with Gasteiger partial charge < -0.3 is 10.1 Å². The number of carbonyl (C=O) groups is 1. The molecule has 2 rings (SSSR count). The van der Waals surface area contributed by atoms with Gasteiger partial charge in [-0.15, -0.1) is 0 Å². The fourth-order valence-electron chi connectivity index (χ4n) is 2.85. The predicted octanol–water partition coefficient (Wildman–Crippen LogP) is 2.77. The maximum absolute atomic E-state index is 11.8. The first kappa shape index (κ1) is 14.6. The highest BCUT2D eigenvalue weighted by atomic mass is 16.6. The van der Waals surface area contributed by atoms with Crippen LogP contribution in [-0.2, 0) is 4.74 Å². The molecule has 0 spiro atoms. The summed E-state index contributed by atoms with van der Waals surface area (Å²) in [6.45, 7) is 10.2. The van der Waals surface area contributed by atoms with Crippen LogP contribution in [-0.4, -0.2) is 41.8 Å². The molecule has 2 unspecified atom stereocenters. The second-order valence-electron chi connectivity index (χ2n) is 7.06. The van der Waals surface area contributed by atoms with E-state index in [4.69, 9.17) is 4.74 Å². The van der Waals surface area contributed by atoms with Crippen molar-refractivity contribution in [3.8, 4) is 0 Å². The number of ether oxygens (including phenoxy) is 1. The predicted molar refractivity (Wildman–Crippen MR) is 76.2 cm³/mol. The van der Waals surface area contributed by atoms with E-state index in [1.54, 1.807) is 0 Å². The molecule has 2 aliphatic rings. The molecule has 1 aliphatic carbocycles. The molecular formula is C15H28N2O2. The maximum atomic E-state index is 11.8. The van der Waals surface area contributed by atoms with E-state index in [1.165, 1.54) is 19.4 Å². The first-order valence-electron chi connectivity index (χ1n) is 7.59. The van der Waals surface area contributed by atoms with Gasteiger partial charge in [-0.1, -0.05) is 0 Å². The van der Waals surface area contributed by atoms with E-state index < -0.39 is 5.60 Å². The van der Waals surface area contributed by atoms with Crippen molar-refractivity contribution < 1.29 is 9.53 Å². The summed E-state index contributed by atoms with van der Waals surface area (Å²) >= 11 is 0. The average Bonchev–Trinajstić information content (AvgIpc) is 3.09. The molecule has 0 aromatic rings. The Balaban J connectivity index is 1.78. The summed E-state index contributed by atoms with van der Waals surface area (Å²) in [5, 5.41) is 3.02. The van der Waals surface area contributed by atoms with Crippen molar-refractivity contribution in [1.29, 1.82) is 0 Å². The molecule has 1 aliphatic heterocycles. The lowest BCUT2D eigenvalue weighted by atomic mass is 10.0. The summed E-state index contributed by atoms with van der Waals surface area (Å²) in [5.74, 6) is 0.889. The highest BCUT2D eigenvalue weighted by Crippen LogP contribution is 2.35. The van der Waals surface area contributed by atoms with E-state index in [-0.39, 0.29) is 12.1 Å². The van der Waals surface area contributed by atoms with Gasteiger partial charge >= 0.3 is 6.09 Å². The second-order valence-corrected chi connectivity index (χ2v) is 7.06. The van der Waals surface area contributed by atoms with Crippen LogP contribution in [0.15, 0.2) is 0 Å². The smallest absolute Gasteiger partial charge is 0.407 e. The molecule has 4 nitrogen and oxygen atoms in total. The fraction of sp³-hybridized carbons (Fsp3) is 0.933. The van der Waals surface area contributed by atoms with Crippen molar-refractivity contribution >= 4 is 6.09 Å². The number of amides is 1. The van der Waals surface area contributed by atoms with Crippen LogP contribution in [0.2, 0.25) is 0 Å². The summed E-state index contributed by atoms with van der Waals surface area (Å²) in [4.78, 5) is 14.3. The Morgan fingerprint density at radius 2 is 2.00 bits per heavy atom. The van der Waals surface area contributed by atoms with E-state index in [0.29, 0.717) is 6.04 Å². The standard InChI is InChI=1S/C15H28N2O2/c1-11(12-7-8-12)17-9-5-6-13(10-17)16-14(18)19-15(2,3)4/h11-13H,5-10H2,1-4H3,(H,16,18). The highest BCUT2D eigenvalue weighted by Gasteiger charge is 2.34. The fourth-order valence-corrected chi connectivity index (χ4v) is 2.85. The van der Waals surface area contributed by atoms with Crippen molar-refractivity contribution in [3.63, 3.8) is 0 Å². The lowest BCUT2D eigenvalue weighted by Gasteiger charge is -2.37. The van der Waals surface area contributed by atoms with Gasteiger partial charge in [0.15, 0.2) is 0 Å². The normalized spacial score (nSPS) is 26.8. The van der Waals surface area contributed by atoms with Crippen molar-refractivity contribution in [2.24, 2.45) is 5.92 Å². The number of piperidine rings is 1. The molecule has 110 valence electrons. The van der Waals surface area contributed by atoms with Crippen molar-refractivity contribution in [2.75, 3.05) is 13.1 Å². The zero-order valence-corrected chi connectivity index (χ0v) is 12.7. The average molecular weight is 268 g/mol. The number of hydrogen-bond acceptors (Lipinski definition) is 3.